The van der Waals surface area contributed by atoms with Crippen LogP contribution in [-0.4, -0.2) is 31.1 Å². The van der Waals surface area contributed by atoms with Crippen molar-refractivity contribution in [1.29, 1.82) is 5.41 Å². The van der Waals surface area contributed by atoms with Gasteiger partial charge in [-0.25, -0.2) is 0 Å². The number of rotatable bonds is 5. The highest BCUT2D eigenvalue weighted by atomic mass is 16.7. The average molecular weight is 278 g/mol. The fraction of sp³-hybridized carbons (Fsp3) is 0.800. The highest BCUT2D eigenvalue weighted by Crippen LogP contribution is 2.38. The van der Waals surface area contributed by atoms with Gasteiger partial charge in [0.1, 0.15) is 0 Å². The van der Waals surface area contributed by atoms with Crippen LogP contribution in [0.2, 0.25) is 0 Å². The van der Waals surface area contributed by atoms with Crippen LogP contribution in [0.4, 0.5) is 0 Å². The minimum Gasteiger partial charge on any atom is -0.399 e. The maximum absolute atomic E-state index is 7.58. The van der Waals surface area contributed by atoms with E-state index in [0.717, 1.165) is 17.9 Å². The summed E-state index contributed by atoms with van der Waals surface area (Å²) in [5.74, 6) is 0.775. The summed E-state index contributed by atoms with van der Waals surface area (Å²) in [5.41, 5.74) is 0.0397. The lowest BCUT2D eigenvalue weighted by atomic mass is 9.79. The lowest BCUT2D eigenvalue weighted by Gasteiger charge is -2.32. The van der Waals surface area contributed by atoms with Gasteiger partial charge in [-0.1, -0.05) is 12.8 Å². The van der Waals surface area contributed by atoms with Crippen LogP contribution >= 0.6 is 0 Å². The average Bonchev–Trinajstić information content (AvgIpc) is 2.92. The Balaban J connectivity index is 1.93. The largest absolute Gasteiger partial charge is 0.497 e. The molecule has 1 heterocycles. The Morgan fingerprint density at radius 1 is 1.20 bits per heavy atom. The molecule has 1 aliphatic heterocycles. The molecule has 0 unspecified atom stereocenters. The smallest absolute Gasteiger partial charge is 0.399 e. The highest BCUT2D eigenvalue weighted by Gasteiger charge is 2.52. The maximum atomic E-state index is 7.58. The van der Waals surface area contributed by atoms with E-state index in [1.807, 2.05) is 33.9 Å². The van der Waals surface area contributed by atoms with Crippen molar-refractivity contribution in [3.05, 3.63) is 11.7 Å². The molecule has 5 heteroatoms. The van der Waals surface area contributed by atoms with Crippen molar-refractivity contribution in [1.82, 2.24) is 5.32 Å². The van der Waals surface area contributed by atoms with E-state index >= 15 is 0 Å². The normalized spacial score (nSPS) is 26.0. The van der Waals surface area contributed by atoms with Gasteiger partial charge >= 0.3 is 7.12 Å². The molecule has 112 valence electrons. The van der Waals surface area contributed by atoms with Gasteiger partial charge in [0.05, 0.1) is 11.2 Å². The van der Waals surface area contributed by atoms with Crippen molar-refractivity contribution in [2.24, 2.45) is 5.92 Å². The molecule has 1 saturated carbocycles. The first-order valence-corrected chi connectivity index (χ1v) is 7.65. The Morgan fingerprint density at radius 3 is 2.25 bits per heavy atom. The van der Waals surface area contributed by atoms with E-state index in [9.17, 15) is 0 Å². The molecule has 0 aromatic rings. The van der Waals surface area contributed by atoms with Gasteiger partial charge in [-0.05, 0) is 52.7 Å². The molecule has 0 aromatic carbocycles. The third-order valence-corrected chi connectivity index (χ3v) is 4.84. The number of nitrogens with one attached hydrogen (secondary N) is 2. The van der Waals surface area contributed by atoms with Gasteiger partial charge in [-0.3, -0.25) is 0 Å². The number of hydrogen-bond donors (Lipinski definition) is 2. The van der Waals surface area contributed by atoms with Gasteiger partial charge in [0, 0.05) is 18.2 Å². The molecule has 0 amide bonds. The molecule has 4 nitrogen and oxygen atoms in total. The summed E-state index contributed by atoms with van der Waals surface area (Å²) in [6.07, 6.45) is 8.54. The zero-order valence-electron chi connectivity index (χ0n) is 13.2. The summed E-state index contributed by atoms with van der Waals surface area (Å²) in [7, 11) is -0.450. The summed E-state index contributed by atoms with van der Waals surface area (Å²) in [6.45, 7) is 9.10. The summed E-state index contributed by atoms with van der Waals surface area (Å²) in [4.78, 5) is 0. The number of allylic oxidation sites excluding steroid dienone is 1. The zero-order chi connectivity index (χ0) is 14.8. The fourth-order valence-corrected chi connectivity index (χ4v) is 2.71. The van der Waals surface area contributed by atoms with Crippen molar-refractivity contribution in [3.8, 4) is 0 Å². The van der Waals surface area contributed by atoms with Crippen LogP contribution in [0.25, 0.3) is 0 Å². The predicted molar refractivity (Wildman–Crippen MR) is 82.9 cm³/mol. The van der Waals surface area contributed by atoms with E-state index < -0.39 is 7.12 Å². The maximum Gasteiger partial charge on any atom is 0.497 e. The van der Waals surface area contributed by atoms with E-state index in [2.05, 4.69) is 5.32 Å². The molecule has 0 bridgehead atoms. The van der Waals surface area contributed by atoms with Gasteiger partial charge in [0.2, 0.25) is 0 Å². The first kappa shape index (κ1) is 15.6. The highest BCUT2D eigenvalue weighted by molar-refractivity contribution is 6.60. The number of hydrogen-bond acceptors (Lipinski definition) is 4. The molecular formula is C15H27BN2O2. The SMILES string of the molecule is CC1(C)OB(/C(C=N)=C/NCC2CCCC2)OC1(C)C. The quantitative estimate of drug-likeness (QED) is 0.600. The molecule has 1 saturated heterocycles. The fourth-order valence-electron chi connectivity index (χ4n) is 2.71. The van der Waals surface area contributed by atoms with Gasteiger partial charge in [0.15, 0.2) is 0 Å². The van der Waals surface area contributed by atoms with Crippen molar-refractivity contribution in [2.45, 2.75) is 64.6 Å². The first-order valence-electron chi connectivity index (χ1n) is 7.65. The van der Waals surface area contributed by atoms with E-state index in [1.165, 1.54) is 31.9 Å². The van der Waals surface area contributed by atoms with Crippen molar-refractivity contribution in [3.63, 3.8) is 0 Å². The van der Waals surface area contributed by atoms with Gasteiger partial charge in [-0.15, -0.1) is 0 Å². The third-order valence-electron chi connectivity index (χ3n) is 4.84. The van der Waals surface area contributed by atoms with Crippen molar-refractivity contribution < 1.29 is 9.31 Å². The molecule has 0 spiro atoms. The first-order chi connectivity index (χ1) is 9.36. The van der Waals surface area contributed by atoms with Crippen LogP contribution < -0.4 is 5.32 Å². The Labute approximate surface area is 123 Å². The zero-order valence-corrected chi connectivity index (χ0v) is 13.2. The van der Waals surface area contributed by atoms with Gasteiger partial charge in [-0.2, -0.15) is 0 Å². The van der Waals surface area contributed by atoms with Gasteiger partial charge in [0.25, 0.3) is 0 Å². The topological polar surface area (TPSA) is 54.3 Å². The Hall–Kier alpha value is -0.805. The lowest BCUT2D eigenvalue weighted by Crippen LogP contribution is -2.41. The lowest BCUT2D eigenvalue weighted by molar-refractivity contribution is 0.00578. The standard InChI is InChI=1S/C15H27BN2O2/c1-14(2)15(3,4)20-16(19-14)13(9-17)11-18-10-12-7-5-6-8-12/h9,11-12,17-18H,5-8,10H2,1-4H3/b13-11+,17-9?. The molecule has 2 fully saturated rings. The molecule has 20 heavy (non-hydrogen) atoms. The second-order valence-corrected chi connectivity index (χ2v) is 6.94. The molecule has 1 aliphatic carbocycles. The van der Waals surface area contributed by atoms with Gasteiger partial charge < -0.3 is 20.0 Å². The Morgan fingerprint density at radius 2 is 1.75 bits per heavy atom. The van der Waals surface area contributed by atoms with E-state index in [1.54, 1.807) is 0 Å². The van der Waals surface area contributed by atoms with E-state index in [-0.39, 0.29) is 11.2 Å². The molecule has 2 rings (SSSR count). The van der Waals surface area contributed by atoms with Crippen LogP contribution in [0.5, 0.6) is 0 Å². The van der Waals surface area contributed by atoms with Crippen molar-refractivity contribution >= 4 is 13.3 Å². The monoisotopic (exact) mass is 278 g/mol. The van der Waals surface area contributed by atoms with E-state index in [4.69, 9.17) is 14.7 Å². The van der Waals surface area contributed by atoms with Crippen LogP contribution in [0.1, 0.15) is 53.4 Å². The minimum absolute atomic E-state index is 0.356. The summed E-state index contributed by atoms with van der Waals surface area (Å²) in [6, 6.07) is 0. The molecule has 0 aromatic heterocycles. The second-order valence-electron chi connectivity index (χ2n) is 6.94. The second kappa shape index (κ2) is 5.90. The molecule has 2 N–H and O–H groups in total. The van der Waals surface area contributed by atoms with Crippen LogP contribution in [0, 0.1) is 11.3 Å². The van der Waals surface area contributed by atoms with Crippen LogP contribution in [0.15, 0.2) is 11.7 Å². The Kier molecular flexibility index (Phi) is 4.60. The molecular weight excluding hydrogens is 251 g/mol. The van der Waals surface area contributed by atoms with Crippen LogP contribution in [0.3, 0.4) is 0 Å². The summed E-state index contributed by atoms with van der Waals surface area (Å²) in [5, 5.41) is 10.9. The molecule has 0 atom stereocenters. The molecule has 2 aliphatic rings. The van der Waals surface area contributed by atoms with Crippen LogP contribution in [-0.2, 0) is 9.31 Å². The third kappa shape index (κ3) is 3.26. The molecule has 0 radical (unpaired) electrons. The van der Waals surface area contributed by atoms with E-state index in [0.29, 0.717) is 0 Å². The summed E-state index contributed by atoms with van der Waals surface area (Å²) >= 11 is 0. The van der Waals surface area contributed by atoms with Crippen molar-refractivity contribution in [2.75, 3.05) is 6.54 Å². The summed E-state index contributed by atoms with van der Waals surface area (Å²) < 4.78 is 11.9. The predicted octanol–water partition coefficient (Wildman–Crippen LogP) is 2.93. The Bertz CT molecular complexity index is 371. The minimum atomic E-state index is -0.450.